The van der Waals surface area contributed by atoms with Crippen LogP contribution in [0.1, 0.15) is 103 Å². The standard InChI is InChI=1S/C38H50N2O2/c1-6-10-30-11-9-12-31(14-13-30)32-15-17-33(18-16-32)34-19-20-35-26-39-22-21-37(36(35)25-34)40(23-7-2)27-29(5)28(4)24-38(41)42-8-3/h11,15-19,21-22,25-26,29,31H,4,6-10,12-14,20,23-24,27H2,1-3,5H3/t29-,31?/m1/s1. The molecule has 1 heterocycles. The van der Waals surface area contributed by atoms with Crippen LogP contribution in [0.5, 0.6) is 0 Å². The van der Waals surface area contributed by atoms with Crippen LogP contribution < -0.4 is 0 Å². The molecule has 1 aromatic rings. The number of benzene rings is 1. The van der Waals surface area contributed by atoms with Crippen molar-refractivity contribution in [1.82, 2.24) is 4.90 Å². The van der Waals surface area contributed by atoms with Crippen LogP contribution in [0.2, 0.25) is 0 Å². The van der Waals surface area contributed by atoms with E-state index in [1.54, 1.807) is 5.57 Å². The molecule has 0 spiro atoms. The predicted octanol–water partition coefficient (Wildman–Crippen LogP) is 9.49. The Kier molecular flexibility index (Phi) is 11.8. The van der Waals surface area contributed by atoms with E-state index in [0.29, 0.717) is 12.5 Å². The molecule has 1 aliphatic heterocycles. The molecule has 224 valence electrons. The molecule has 0 radical (unpaired) electrons. The first kappa shape index (κ1) is 31.5. The zero-order chi connectivity index (χ0) is 29.9. The van der Waals surface area contributed by atoms with Crippen LogP contribution in [0.3, 0.4) is 0 Å². The maximum Gasteiger partial charge on any atom is 0.309 e. The van der Waals surface area contributed by atoms with Crippen molar-refractivity contribution in [3.05, 3.63) is 100 Å². The van der Waals surface area contributed by atoms with Crippen molar-refractivity contribution in [1.29, 1.82) is 0 Å². The van der Waals surface area contributed by atoms with Crippen molar-refractivity contribution in [2.45, 2.75) is 91.4 Å². The summed E-state index contributed by atoms with van der Waals surface area (Å²) in [6, 6.07) is 9.37. The Morgan fingerprint density at radius 2 is 1.93 bits per heavy atom. The molecular weight excluding hydrogens is 516 g/mol. The highest BCUT2D eigenvalue weighted by atomic mass is 16.5. The van der Waals surface area contributed by atoms with Crippen molar-refractivity contribution in [3.8, 4) is 0 Å². The second-order valence-corrected chi connectivity index (χ2v) is 12.0. The molecule has 4 nitrogen and oxygen atoms in total. The van der Waals surface area contributed by atoms with E-state index in [1.807, 2.05) is 19.3 Å². The lowest BCUT2D eigenvalue weighted by atomic mass is 9.86. The molecule has 0 saturated heterocycles. The van der Waals surface area contributed by atoms with Crippen LogP contribution in [0.15, 0.2) is 94.3 Å². The minimum absolute atomic E-state index is 0.151. The molecular formula is C38H50N2O2. The van der Waals surface area contributed by atoms with E-state index < -0.39 is 0 Å². The lowest BCUT2D eigenvalue weighted by Gasteiger charge is -2.33. The Bertz CT molecular complexity index is 1290. The minimum atomic E-state index is -0.199. The van der Waals surface area contributed by atoms with Gasteiger partial charge in [0.15, 0.2) is 0 Å². The maximum absolute atomic E-state index is 12.1. The van der Waals surface area contributed by atoms with Crippen LogP contribution in [0, 0.1) is 5.92 Å². The summed E-state index contributed by atoms with van der Waals surface area (Å²) >= 11 is 0. The van der Waals surface area contributed by atoms with Crippen LogP contribution in [-0.4, -0.2) is 36.8 Å². The van der Waals surface area contributed by atoms with Gasteiger partial charge in [-0.05, 0) is 98.1 Å². The number of fused-ring (bicyclic) bond motifs is 1. The summed E-state index contributed by atoms with van der Waals surface area (Å²) in [5.74, 6) is 0.600. The normalized spacial score (nSPS) is 19.1. The average Bonchev–Trinajstić information content (AvgIpc) is 3.35. The molecule has 0 fully saturated rings. The SMILES string of the molecule is C=C(CC(=O)OCC)[C@H](C)CN(CCC)C1=CC=NC=C2CC=C(c3ccc(C4CCC=C(CCC)CC4)cc3)C=C21. The van der Waals surface area contributed by atoms with E-state index >= 15 is 0 Å². The van der Waals surface area contributed by atoms with Gasteiger partial charge in [0.25, 0.3) is 0 Å². The Hall–Kier alpha value is -3.40. The summed E-state index contributed by atoms with van der Waals surface area (Å²) in [6.45, 7) is 14.8. The third kappa shape index (κ3) is 8.33. The van der Waals surface area contributed by atoms with Gasteiger partial charge >= 0.3 is 5.97 Å². The fourth-order valence-electron chi connectivity index (χ4n) is 6.35. The molecule has 0 N–H and O–H groups in total. The van der Waals surface area contributed by atoms with Crippen molar-refractivity contribution < 1.29 is 9.53 Å². The first-order chi connectivity index (χ1) is 20.4. The van der Waals surface area contributed by atoms with Gasteiger partial charge in [-0.3, -0.25) is 9.79 Å². The van der Waals surface area contributed by atoms with Crippen LogP contribution in [0.25, 0.3) is 5.57 Å². The number of aliphatic imine (C=N–C) groups is 1. The molecule has 2 atom stereocenters. The van der Waals surface area contributed by atoms with E-state index in [2.05, 4.69) is 85.8 Å². The quantitative estimate of drug-likeness (QED) is 0.176. The highest BCUT2D eigenvalue weighted by Crippen LogP contribution is 2.37. The van der Waals surface area contributed by atoms with Gasteiger partial charge < -0.3 is 9.64 Å². The number of hydrogen-bond acceptors (Lipinski definition) is 4. The molecule has 4 rings (SSSR count). The minimum Gasteiger partial charge on any atom is -0.466 e. The largest absolute Gasteiger partial charge is 0.466 e. The average molecular weight is 567 g/mol. The van der Waals surface area contributed by atoms with Gasteiger partial charge in [-0.2, -0.15) is 0 Å². The van der Waals surface area contributed by atoms with Crippen molar-refractivity contribution in [3.63, 3.8) is 0 Å². The van der Waals surface area contributed by atoms with Crippen LogP contribution in [0.4, 0.5) is 0 Å². The summed E-state index contributed by atoms with van der Waals surface area (Å²) < 4.78 is 5.17. The van der Waals surface area contributed by atoms with Gasteiger partial charge in [0.05, 0.1) is 13.0 Å². The molecule has 1 aromatic carbocycles. The zero-order valence-corrected chi connectivity index (χ0v) is 26.3. The summed E-state index contributed by atoms with van der Waals surface area (Å²) in [4.78, 5) is 19.1. The number of hydrogen-bond donors (Lipinski definition) is 0. The molecule has 0 amide bonds. The van der Waals surface area contributed by atoms with Gasteiger partial charge in [-0.25, -0.2) is 0 Å². The molecule has 0 aromatic heterocycles. The number of ether oxygens (including phenoxy) is 1. The van der Waals surface area contributed by atoms with E-state index in [9.17, 15) is 4.79 Å². The molecule has 4 heteroatoms. The molecule has 42 heavy (non-hydrogen) atoms. The summed E-state index contributed by atoms with van der Waals surface area (Å²) in [5.41, 5.74) is 10.3. The fourth-order valence-corrected chi connectivity index (χ4v) is 6.35. The third-order valence-electron chi connectivity index (χ3n) is 8.76. The number of carbonyl (C=O) groups excluding carboxylic acids is 1. The summed E-state index contributed by atoms with van der Waals surface area (Å²) in [5, 5.41) is 0. The highest BCUT2D eigenvalue weighted by Gasteiger charge is 2.24. The predicted molar refractivity (Wildman–Crippen MR) is 177 cm³/mol. The Balaban J connectivity index is 1.51. The van der Waals surface area contributed by atoms with Crippen molar-refractivity contribution in [2.75, 3.05) is 19.7 Å². The van der Waals surface area contributed by atoms with Gasteiger partial charge in [0, 0.05) is 36.8 Å². The monoisotopic (exact) mass is 566 g/mol. The molecule has 1 unspecified atom stereocenters. The summed E-state index contributed by atoms with van der Waals surface area (Å²) in [7, 11) is 0. The first-order valence-electron chi connectivity index (χ1n) is 16.1. The fraction of sp³-hybridized carbons (Fsp3) is 0.474. The Morgan fingerprint density at radius 1 is 1.12 bits per heavy atom. The second-order valence-electron chi connectivity index (χ2n) is 12.0. The van der Waals surface area contributed by atoms with Crippen molar-refractivity contribution >= 4 is 17.8 Å². The topological polar surface area (TPSA) is 41.9 Å². The number of rotatable bonds is 13. The van der Waals surface area contributed by atoms with Crippen molar-refractivity contribution in [2.24, 2.45) is 10.9 Å². The van der Waals surface area contributed by atoms with Gasteiger partial charge in [0.1, 0.15) is 0 Å². The molecule has 2 aliphatic carbocycles. The Morgan fingerprint density at radius 3 is 2.67 bits per heavy atom. The zero-order valence-electron chi connectivity index (χ0n) is 26.3. The Labute approximate surface area is 254 Å². The summed E-state index contributed by atoms with van der Waals surface area (Å²) in [6.07, 6.45) is 22.8. The second kappa shape index (κ2) is 15.7. The van der Waals surface area contributed by atoms with E-state index in [4.69, 9.17) is 4.74 Å². The van der Waals surface area contributed by atoms with Gasteiger partial charge in [-0.15, -0.1) is 0 Å². The number of carbonyl (C=O) groups is 1. The third-order valence-corrected chi connectivity index (χ3v) is 8.76. The highest BCUT2D eigenvalue weighted by molar-refractivity contribution is 5.83. The first-order valence-corrected chi connectivity index (χ1v) is 16.1. The van der Waals surface area contributed by atoms with Crippen LogP contribution >= 0.6 is 0 Å². The lowest BCUT2D eigenvalue weighted by molar-refractivity contribution is -0.142. The molecule has 0 bridgehead atoms. The number of esters is 1. The van der Waals surface area contributed by atoms with E-state index in [0.717, 1.165) is 31.5 Å². The molecule has 3 aliphatic rings. The number of nitrogens with zero attached hydrogens (tertiary/aromatic N) is 2. The van der Waals surface area contributed by atoms with Crippen LogP contribution in [-0.2, 0) is 9.53 Å². The molecule has 0 saturated carbocycles. The van der Waals surface area contributed by atoms with E-state index in [1.165, 1.54) is 72.1 Å². The van der Waals surface area contributed by atoms with Gasteiger partial charge in [0.2, 0.25) is 0 Å². The maximum atomic E-state index is 12.1. The lowest BCUT2D eigenvalue weighted by Crippen LogP contribution is -2.31. The smallest absolute Gasteiger partial charge is 0.309 e. The van der Waals surface area contributed by atoms with Gasteiger partial charge in [-0.1, -0.05) is 81.3 Å². The number of allylic oxidation sites excluding steroid dienone is 7. The van der Waals surface area contributed by atoms with E-state index in [-0.39, 0.29) is 18.3 Å².